The Morgan fingerprint density at radius 1 is 0.848 bits per heavy atom. The van der Waals surface area contributed by atoms with Crippen molar-refractivity contribution < 1.29 is 28.8 Å². The zero-order valence-corrected chi connectivity index (χ0v) is 21.3. The Morgan fingerprint density at radius 2 is 1.48 bits per heavy atom. The van der Waals surface area contributed by atoms with Crippen LogP contribution in [0.15, 0.2) is 24.3 Å². The zero-order chi connectivity index (χ0) is 24.2. The van der Waals surface area contributed by atoms with Crippen LogP contribution in [0, 0.1) is 0 Å². The van der Waals surface area contributed by atoms with Crippen molar-refractivity contribution in [3.8, 4) is 0 Å². The Morgan fingerprint density at radius 3 is 2.12 bits per heavy atom. The molecular weight excluding hydrogens is 420 g/mol. The lowest BCUT2D eigenvalue weighted by Gasteiger charge is -2.15. The average molecular weight is 471 g/mol. The molecule has 33 heavy (non-hydrogen) atoms. The summed E-state index contributed by atoms with van der Waals surface area (Å²) in [5.41, 5.74) is 0. The van der Waals surface area contributed by atoms with Crippen molar-refractivity contribution in [2.75, 3.05) is 40.3 Å². The molecular formula is C27H50O6. The van der Waals surface area contributed by atoms with Crippen LogP contribution in [0.4, 0.5) is 0 Å². The molecule has 0 amide bonds. The Bertz CT molecular complexity index is 464. The second-order valence-corrected chi connectivity index (χ2v) is 8.36. The number of rotatable bonds is 25. The molecule has 1 N–H and O–H groups in total. The van der Waals surface area contributed by atoms with Gasteiger partial charge in [0.05, 0.1) is 19.8 Å². The zero-order valence-electron chi connectivity index (χ0n) is 21.3. The number of carbonyl (C=O) groups is 1. The van der Waals surface area contributed by atoms with Gasteiger partial charge in [-0.1, -0.05) is 76.2 Å². The van der Waals surface area contributed by atoms with E-state index in [1.165, 1.54) is 57.8 Å². The van der Waals surface area contributed by atoms with Gasteiger partial charge in [0.1, 0.15) is 19.5 Å². The molecule has 0 heterocycles. The standard InChI is InChI=1S/C27H50O6/c1-3-4-5-6-7-8-9-10-11-12-13-14-15-16-17-18-19-20-27(29)32-24-26(23-28)33-25-31-22-21-30-2/h7-8,10-11,26,28H,3-6,9,12-25H2,1-2H3/b8-7-,11-10-/t26-/m0/s1. The minimum Gasteiger partial charge on any atom is -0.463 e. The largest absolute Gasteiger partial charge is 0.463 e. The Balaban J connectivity index is 3.43. The van der Waals surface area contributed by atoms with Crippen molar-refractivity contribution in [1.82, 2.24) is 0 Å². The number of allylic oxidation sites excluding steroid dienone is 4. The topological polar surface area (TPSA) is 74.2 Å². The SMILES string of the molecule is CCCCC/C=C\C/C=C\CCCCCCCCCC(=O)OC[C@H](CO)OCOCCOC. The lowest BCUT2D eigenvalue weighted by Crippen LogP contribution is -2.27. The number of ether oxygens (including phenoxy) is 4. The molecule has 0 fully saturated rings. The van der Waals surface area contributed by atoms with Gasteiger partial charge >= 0.3 is 5.97 Å². The highest BCUT2D eigenvalue weighted by atomic mass is 16.7. The van der Waals surface area contributed by atoms with Crippen molar-refractivity contribution >= 4 is 5.97 Å². The Labute approximate surface area is 202 Å². The fraction of sp³-hybridized carbons (Fsp3) is 0.815. The van der Waals surface area contributed by atoms with Gasteiger partial charge in [-0.15, -0.1) is 0 Å². The summed E-state index contributed by atoms with van der Waals surface area (Å²) in [6.07, 6.45) is 24.5. The van der Waals surface area contributed by atoms with Crippen LogP contribution in [0.3, 0.4) is 0 Å². The first kappa shape index (κ1) is 31.8. The molecule has 0 aliphatic carbocycles. The summed E-state index contributed by atoms with van der Waals surface area (Å²) in [6, 6.07) is 0. The van der Waals surface area contributed by atoms with Gasteiger partial charge in [-0.2, -0.15) is 0 Å². The number of methoxy groups -OCH3 is 1. The number of unbranched alkanes of at least 4 members (excludes halogenated alkanes) is 10. The van der Waals surface area contributed by atoms with Crippen LogP contribution in [0.1, 0.15) is 96.8 Å². The molecule has 0 aliphatic heterocycles. The van der Waals surface area contributed by atoms with Crippen LogP contribution in [0.25, 0.3) is 0 Å². The van der Waals surface area contributed by atoms with Gasteiger partial charge in [-0.3, -0.25) is 4.79 Å². The molecule has 0 bridgehead atoms. The van der Waals surface area contributed by atoms with E-state index in [9.17, 15) is 9.90 Å². The average Bonchev–Trinajstić information content (AvgIpc) is 2.82. The summed E-state index contributed by atoms with van der Waals surface area (Å²) in [5, 5.41) is 9.27. The summed E-state index contributed by atoms with van der Waals surface area (Å²) >= 11 is 0. The minimum atomic E-state index is -0.557. The monoisotopic (exact) mass is 470 g/mol. The van der Waals surface area contributed by atoms with E-state index in [0.717, 1.165) is 25.7 Å². The molecule has 0 radical (unpaired) electrons. The smallest absolute Gasteiger partial charge is 0.305 e. The number of aliphatic hydroxyl groups is 1. The van der Waals surface area contributed by atoms with Gasteiger partial charge in [-0.25, -0.2) is 0 Å². The van der Waals surface area contributed by atoms with E-state index >= 15 is 0 Å². The van der Waals surface area contributed by atoms with E-state index in [-0.39, 0.29) is 26.0 Å². The lowest BCUT2D eigenvalue weighted by atomic mass is 10.1. The van der Waals surface area contributed by atoms with Gasteiger partial charge < -0.3 is 24.1 Å². The van der Waals surface area contributed by atoms with Crippen LogP contribution in [-0.4, -0.2) is 57.5 Å². The van der Waals surface area contributed by atoms with Crippen molar-refractivity contribution in [2.24, 2.45) is 0 Å². The molecule has 6 nitrogen and oxygen atoms in total. The summed E-state index contributed by atoms with van der Waals surface area (Å²) in [4.78, 5) is 11.8. The van der Waals surface area contributed by atoms with Crippen LogP contribution < -0.4 is 0 Å². The second-order valence-electron chi connectivity index (χ2n) is 8.36. The highest BCUT2D eigenvalue weighted by Gasteiger charge is 2.11. The molecule has 0 aromatic carbocycles. The summed E-state index contributed by atoms with van der Waals surface area (Å²) in [6.45, 7) is 3.02. The predicted molar refractivity (Wildman–Crippen MR) is 134 cm³/mol. The predicted octanol–water partition coefficient (Wildman–Crippen LogP) is 6.12. The molecule has 0 saturated carbocycles. The number of hydrogen-bond donors (Lipinski definition) is 1. The maximum Gasteiger partial charge on any atom is 0.305 e. The van der Waals surface area contributed by atoms with Crippen LogP contribution in [0.5, 0.6) is 0 Å². The molecule has 0 spiro atoms. The Kier molecular flexibility index (Phi) is 26.0. The van der Waals surface area contributed by atoms with E-state index in [1.807, 2.05) is 0 Å². The van der Waals surface area contributed by atoms with E-state index in [4.69, 9.17) is 18.9 Å². The van der Waals surface area contributed by atoms with Gasteiger partial charge in [-0.05, 0) is 38.5 Å². The molecule has 0 saturated heterocycles. The first-order chi connectivity index (χ1) is 16.2. The second kappa shape index (κ2) is 27.0. The van der Waals surface area contributed by atoms with E-state index in [1.54, 1.807) is 7.11 Å². The van der Waals surface area contributed by atoms with E-state index in [2.05, 4.69) is 31.2 Å². The van der Waals surface area contributed by atoms with Crippen LogP contribution in [-0.2, 0) is 23.7 Å². The molecule has 0 aromatic rings. The van der Waals surface area contributed by atoms with Gasteiger partial charge in [0.2, 0.25) is 0 Å². The molecule has 6 heteroatoms. The molecule has 0 unspecified atom stereocenters. The first-order valence-electron chi connectivity index (χ1n) is 13.0. The number of esters is 1. The molecule has 0 aromatic heterocycles. The van der Waals surface area contributed by atoms with Gasteiger partial charge in [0.25, 0.3) is 0 Å². The summed E-state index contributed by atoms with van der Waals surface area (Å²) in [5.74, 6) is -0.236. The molecule has 0 rings (SSSR count). The number of aliphatic hydroxyl groups excluding tert-OH is 1. The van der Waals surface area contributed by atoms with Crippen LogP contribution in [0.2, 0.25) is 0 Å². The molecule has 194 valence electrons. The minimum absolute atomic E-state index is 0.0406. The number of hydrogen-bond acceptors (Lipinski definition) is 6. The highest BCUT2D eigenvalue weighted by molar-refractivity contribution is 5.69. The third-order valence-corrected chi connectivity index (χ3v) is 5.28. The molecule has 0 aliphatic rings. The van der Waals surface area contributed by atoms with Crippen molar-refractivity contribution in [3.05, 3.63) is 24.3 Å². The quantitative estimate of drug-likeness (QED) is 0.0750. The fourth-order valence-corrected chi connectivity index (χ4v) is 3.19. The van der Waals surface area contributed by atoms with Crippen molar-refractivity contribution in [2.45, 2.75) is 103 Å². The maximum atomic E-state index is 11.8. The molecule has 1 atom stereocenters. The Hall–Kier alpha value is -1.21. The van der Waals surface area contributed by atoms with E-state index < -0.39 is 6.10 Å². The van der Waals surface area contributed by atoms with Crippen LogP contribution >= 0.6 is 0 Å². The number of carbonyl (C=O) groups excluding carboxylic acids is 1. The van der Waals surface area contributed by atoms with Gasteiger partial charge in [0, 0.05) is 13.5 Å². The fourth-order valence-electron chi connectivity index (χ4n) is 3.19. The third kappa shape index (κ3) is 25.3. The lowest BCUT2D eigenvalue weighted by molar-refractivity contribution is -0.157. The van der Waals surface area contributed by atoms with E-state index in [0.29, 0.717) is 19.6 Å². The summed E-state index contributed by atoms with van der Waals surface area (Å²) in [7, 11) is 1.59. The summed E-state index contributed by atoms with van der Waals surface area (Å²) < 4.78 is 20.5. The van der Waals surface area contributed by atoms with Gasteiger partial charge in [0.15, 0.2) is 0 Å². The van der Waals surface area contributed by atoms with Crippen molar-refractivity contribution in [3.63, 3.8) is 0 Å². The first-order valence-corrected chi connectivity index (χ1v) is 13.0. The highest BCUT2D eigenvalue weighted by Crippen LogP contribution is 2.11. The normalized spacial score (nSPS) is 12.7. The third-order valence-electron chi connectivity index (χ3n) is 5.28. The maximum absolute atomic E-state index is 11.8. The van der Waals surface area contributed by atoms with Crippen molar-refractivity contribution in [1.29, 1.82) is 0 Å².